The summed E-state index contributed by atoms with van der Waals surface area (Å²) in [5.74, 6) is 0.851. The van der Waals surface area contributed by atoms with Gasteiger partial charge in [0.25, 0.3) is 0 Å². The molecule has 0 unspecified atom stereocenters. The molecule has 0 bridgehead atoms. The van der Waals surface area contributed by atoms with E-state index in [2.05, 4.69) is 6.07 Å². The van der Waals surface area contributed by atoms with E-state index in [-0.39, 0.29) is 0 Å². The molecule has 0 amide bonds. The van der Waals surface area contributed by atoms with E-state index in [1.165, 1.54) is 5.56 Å². The lowest BCUT2D eigenvalue weighted by Crippen LogP contribution is -1.84. The Balaban J connectivity index is 2.01. The van der Waals surface area contributed by atoms with Crippen molar-refractivity contribution in [3.05, 3.63) is 83.4 Å². The van der Waals surface area contributed by atoms with Crippen molar-refractivity contribution in [3.63, 3.8) is 0 Å². The molecule has 0 saturated carbocycles. The molecule has 2 aromatic carbocycles. The van der Waals surface area contributed by atoms with E-state index in [9.17, 15) is 0 Å². The van der Waals surface area contributed by atoms with Crippen molar-refractivity contribution in [2.75, 3.05) is 7.11 Å². The molecule has 2 rings (SSSR count). The number of benzene rings is 2. The molecule has 0 aliphatic carbocycles. The maximum Gasteiger partial charge on any atom is 0.118 e. The number of nitrogens with zero attached hydrogens (tertiary/aromatic N) is 1. The summed E-state index contributed by atoms with van der Waals surface area (Å²) in [6.07, 6.45) is 6.53. The van der Waals surface area contributed by atoms with E-state index in [0.717, 1.165) is 17.7 Å². The van der Waals surface area contributed by atoms with Crippen LogP contribution in [0.25, 0.3) is 6.08 Å². The van der Waals surface area contributed by atoms with Crippen molar-refractivity contribution >= 4 is 6.08 Å². The first-order valence-corrected chi connectivity index (χ1v) is 6.78. The second-order valence-corrected chi connectivity index (χ2v) is 4.58. The van der Waals surface area contributed by atoms with Crippen molar-refractivity contribution in [3.8, 4) is 11.8 Å². The maximum atomic E-state index is 9.17. The number of nitriles is 1. The molecule has 2 aromatic rings. The normalized spacial score (nSPS) is 11.3. The molecule has 0 aliphatic rings. The average molecular weight is 275 g/mol. The zero-order chi connectivity index (χ0) is 14.9. The van der Waals surface area contributed by atoms with Gasteiger partial charge >= 0.3 is 0 Å². The lowest BCUT2D eigenvalue weighted by atomic mass is 10.1. The van der Waals surface area contributed by atoms with Crippen LogP contribution >= 0.6 is 0 Å². The largest absolute Gasteiger partial charge is 0.497 e. The second kappa shape index (κ2) is 7.72. The van der Waals surface area contributed by atoms with E-state index >= 15 is 0 Å². The molecule has 0 fully saturated rings. The standard InChI is InChI=1S/C19H17NO/c1-21-19-12-10-16(11-13-19)8-5-9-18(15-20)14-17-6-3-2-4-7-17/h2-7,9-14H,8H2,1H3/b9-5+,18-14-. The van der Waals surface area contributed by atoms with Crippen molar-refractivity contribution in [2.45, 2.75) is 6.42 Å². The summed E-state index contributed by atoms with van der Waals surface area (Å²) in [5.41, 5.74) is 2.86. The summed E-state index contributed by atoms with van der Waals surface area (Å²) in [6.45, 7) is 0. The lowest BCUT2D eigenvalue weighted by molar-refractivity contribution is 0.414. The predicted molar refractivity (Wildman–Crippen MR) is 85.9 cm³/mol. The minimum Gasteiger partial charge on any atom is -0.497 e. The van der Waals surface area contributed by atoms with Gasteiger partial charge in [0.05, 0.1) is 18.8 Å². The first kappa shape index (κ1) is 14.6. The zero-order valence-corrected chi connectivity index (χ0v) is 12.0. The molecule has 0 saturated heterocycles. The van der Waals surface area contributed by atoms with Crippen LogP contribution in [0.3, 0.4) is 0 Å². The van der Waals surface area contributed by atoms with Crippen LogP contribution < -0.4 is 4.74 Å². The Bertz CT molecular complexity index is 661. The van der Waals surface area contributed by atoms with Gasteiger partial charge in [-0.2, -0.15) is 5.26 Å². The number of hydrogen-bond acceptors (Lipinski definition) is 2. The Hall–Kier alpha value is -2.79. The number of methoxy groups -OCH3 is 1. The summed E-state index contributed by atoms with van der Waals surface area (Å²) < 4.78 is 5.13. The van der Waals surface area contributed by atoms with Crippen LogP contribution in [0.4, 0.5) is 0 Å². The third kappa shape index (κ3) is 4.67. The third-order valence-electron chi connectivity index (χ3n) is 3.06. The highest BCUT2D eigenvalue weighted by molar-refractivity contribution is 5.60. The second-order valence-electron chi connectivity index (χ2n) is 4.58. The smallest absolute Gasteiger partial charge is 0.118 e. The number of allylic oxidation sites excluding steroid dienone is 3. The molecule has 0 heterocycles. The van der Waals surface area contributed by atoms with E-state index in [4.69, 9.17) is 10.00 Å². The van der Waals surface area contributed by atoms with Crippen LogP contribution in [-0.2, 0) is 6.42 Å². The highest BCUT2D eigenvalue weighted by atomic mass is 16.5. The fraction of sp³-hybridized carbons (Fsp3) is 0.105. The van der Waals surface area contributed by atoms with Gasteiger partial charge in [0.1, 0.15) is 5.75 Å². The van der Waals surface area contributed by atoms with Gasteiger partial charge in [-0.3, -0.25) is 0 Å². The van der Waals surface area contributed by atoms with Crippen molar-refractivity contribution in [1.82, 2.24) is 0 Å². The molecule has 2 heteroatoms. The SMILES string of the molecule is COc1ccc(C/C=C/C(C#N)=C/c2ccccc2)cc1. The lowest BCUT2D eigenvalue weighted by Gasteiger charge is -2.00. The molecule has 0 aliphatic heterocycles. The van der Waals surface area contributed by atoms with Crippen LogP contribution in [-0.4, -0.2) is 7.11 Å². The number of ether oxygens (including phenoxy) is 1. The zero-order valence-electron chi connectivity index (χ0n) is 12.0. The maximum absolute atomic E-state index is 9.17. The van der Waals surface area contributed by atoms with Crippen LogP contribution in [0.1, 0.15) is 11.1 Å². The Morgan fingerprint density at radius 1 is 1.10 bits per heavy atom. The van der Waals surface area contributed by atoms with Gasteiger partial charge < -0.3 is 4.74 Å². The van der Waals surface area contributed by atoms with Gasteiger partial charge in [0, 0.05) is 0 Å². The Morgan fingerprint density at radius 3 is 2.43 bits per heavy atom. The van der Waals surface area contributed by atoms with Crippen LogP contribution in [0, 0.1) is 11.3 Å². The monoisotopic (exact) mass is 275 g/mol. The van der Waals surface area contributed by atoms with Crippen molar-refractivity contribution in [2.24, 2.45) is 0 Å². The molecule has 104 valence electrons. The van der Waals surface area contributed by atoms with Crippen LogP contribution in [0.15, 0.2) is 72.3 Å². The van der Waals surface area contributed by atoms with E-state index < -0.39 is 0 Å². The molecule has 21 heavy (non-hydrogen) atoms. The Kier molecular flexibility index (Phi) is 5.37. The van der Waals surface area contributed by atoms with Gasteiger partial charge in [-0.1, -0.05) is 48.5 Å². The van der Waals surface area contributed by atoms with Crippen LogP contribution in [0.2, 0.25) is 0 Å². The molecule has 0 aromatic heterocycles. The highest BCUT2D eigenvalue weighted by Crippen LogP contribution is 2.12. The minimum atomic E-state index is 0.648. The molecule has 0 spiro atoms. The Morgan fingerprint density at radius 2 is 1.81 bits per heavy atom. The topological polar surface area (TPSA) is 33.0 Å². The third-order valence-corrected chi connectivity index (χ3v) is 3.06. The quantitative estimate of drug-likeness (QED) is 0.598. The van der Waals surface area contributed by atoms with E-state index in [0.29, 0.717) is 5.57 Å². The molecular weight excluding hydrogens is 258 g/mol. The van der Waals surface area contributed by atoms with Gasteiger partial charge in [-0.25, -0.2) is 0 Å². The van der Waals surface area contributed by atoms with Crippen molar-refractivity contribution < 1.29 is 4.74 Å². The summed E-state index contributed by atoms with van der Waals surface area (Å²) in [6, 6.07) is 20.0. The summed E-state index contributed by atoms with van der Waals surface area (Å²) >= 11 is 0. The average Bonchev–Trinajstić information content (AvgIpc) is 2.55. The molecule has 0 atom stereocenters. The van der Waals surface area contributed by atoms with Crippen LogP contribution in [0.5, 0.6) is 5.75 Å². The van der Waals surface area contributed by atoms with Gasteiger partial charge in [-0.15, -0.1) is 0 Å². The fourth-order valence-corrected chi connectivity index (χ4v) is 1.93. The first-order chi connectivity index (χ1) is 10.3. The fourth-order valence-electron chi connectivity index (χ4n) is 1.93. The van der Waals surface area contributed by atoms with Gasteiger partial charge in [0.2, 0.25) is 0 Å². The summed E-state index contributed by atoms with van der Waals surface area (Å²) in [7, 11) is 1.66. The minimum absolute atomic E-state index is 0.648. The highest BCUT2D eigenvalue weighted by Gasteiger charge is 1.94. The Labute approximate surface area is 125 Å². The molecule has 0 N–H and O–H groups in total. The predicted octanol–water partition coefficient (Wildman–Crippen LogP) is 4.40. The molecule has 0 radical (unpaired) electrons. The molecular formula is C19H17NO. The molecule has 2 nitrogen and oxygen atoms in total. The van der Waals surface area contributed by atoms with Gasteiger partial charge in [-0.05, 0) is 41.8 Å². The van der Waals surface area contributed by atoms with Gasteiger partial charge in [0.15, 0.2) is 0 Å². The number of hydrogen-bond donors (Lipinski definition) is 0. The van der Waals surface area contributed by atoms with E-state index in [1.807, 2.05) is 72.8 Å². The van der Waals surface area contributed by atoms with Crippen molar-refractivity contribution in [1.29, 1.82) is 5.26 Å². The summed E-state index contributed by atoms with van der Waals surface area (Å²) in [5, 5.41) is 9.17. The number of rotatable bonds is 5. The van der Waals surface area contributed by atoms with E-state index in [1.54, 1.807) is 7.11 Å². The summed E-state index contributed by atoms with van der Waals surface area (Å²) in [4.78, 5) is 0. The first-order valence-electron chi connectivity index (χ1n) is 6.78.